The molecule has 20 heavy (non-hydrogen) atoms. The van der Waals surface area contributed by atoms with Crippen LogP contribution in [-0.2, 0) is 12.8 Å². The molecule has 0 aliphatic carbocycles. The third kappa shape index (κ3) is 2.90. The second-order valence-corrected chi connectivity index (χ2v) is 4.85. The molecule has 0 aliphatic heterocycles. The molecule has 0 atom stereocenters. The van der Waals surface area contributed by atoms with E-state index < -0.39 is 5.97 Å². The first-order valence-corrected chi connectivity index (χ1v) is 7.06. The Morgan fingerprint density at radius 1 is 1.25 bits per heavy atom. The number of carbonyl (C=O) groups is 1. The Labute approximate surface area is 119 Å². The maximum absolute atomic E-state index is 11.3. The monoisotopic (exact) mass is 272 g/mol. The summed E-state index contributed by atoms with van der Waals surface area (Å²) in [6.45, 7) is 4.20. The summed E-state index contributed by atoms with van der Waals surface area (Å²) in [5.74, 6) is -0.910. The fraction of sp³-hybridized carbons (Fsp3) is 0.375. The van der Waals surface area contributed by atoms with Crippen molar-refractivity contribution in [2.75, 3.05) is 0 Å². The first-order chi connectivity index (χ1) is 9.67. The number of unbranched alkanes of at least 4 members (excludes halogenated alkanes) is 1. The summed E-state index contributed by atoms with van der Waals surface area (Å²) in [7, 11) is 0. The van der Waals surface area contributed by atoms with Gasteiger partial charge in [0, 0.05) is 0 Å². The molecule has 0 saturated heterocycles. The van der Waals surface area contributed by atoms with Gasteiger partial charge in [-0.3, -0.25) is 0 Å². The van der Waals surface area contributed by atoms with Crippen LogP contribution in [0.4, 0.5) is 0 Å². The lowest BCUT2D eigenvalue weighted by Gasteiger charge is -2.09. The molecule has 0 saturated carbocycles. The van der Waals surface area contributed by atoms with E-state index in [0.29, 0.717) is 5.56 Å². The Morgan fingerprint density at radius 3 is 2.50 bits per heavy atom. The second-order valence-electron chi connectivity index (χ2n) is 4.85. The molecule has 2 aromatic rings. The van der Waals surface area contributed by atoms with Gasteiger partial charge in [-0.25, -0.2) is 9.48 Å². The summed E-state index contributed by atoms with van der Waals surface area (Å²) >= 11 is 0. The highest BCUT2D eigenvalue weighted by atomic mass is 16.4. The van der Waals surface area contributed by atoms with E-state index in [0.717, 1.165) is 37.1 Å². The molecular formula is C16H20N2O2. The summed E-state index contributed by atoms with van der Waals surface area (Å²) < 4.78 is 1.75. The van der Waals surface area contributed by atoms with Crippen LogP contribution in [0.2, 0.25) is 0 Å². The van der Waals surface area contributed by atoms with Crippen molar-refractivity contribution in [1.82, 2.24) is 9.78 Å². The zero-order valence-corrected chi connectivity index (χ0v) is 12.0. The lowest BCUT2D eigenvalue weighted by atomic mass is 10.1. The Balaban J connectivity index is 2.41. The lowest BCUT2D eigenvalue weighted by molar-refractivity contribution is 0.0695. The molecule has 0 spiro atoms. The standard InChI is InChI=1S/C16H20N2O2/c1-3-5-6-15-14(16(19)20)11-17-18(15)13-9-7-12(4-2)8-10-13/h7-11H,3-6H2,1-2H3,(H,19,20). The van der Waals surface area contributed by atoms with Crippen LogP contribution < -0.4 is 0 Å². The Morgan fingerprint density at radius 2 is 1.95 bits per heavy atom. The highest BCUT2D eigenvalue weighted by molar-refractivity contribution is 5.88. The van der Waals surface area contributed by atoms with Crippen molar-refractivity contribution in [3.63, 3.8) is 0 Å². The number of rotatable bonds is 6. The number of hydrogen-bond acceptors (Lipinski definition) is 2. The average Bonchev–Trinajstić information content (AvgIpc) is 2.89. The van der Waals surface area contributed by atoms with Gasteiger partial charge in [-0.15, -0.1) is 0 Å². The van der Waals surface area contributed by atoms with E-state index >= 15 is 0 Å². The van der Waals surface area contributed by atoms with Gasteiger partial charge in [-0.1, -0.05) is 32.4 Å². The van der Waals surface area contributed by atoms with Crippen molar-refractivity contribution in [3.05, 3.63) is 47.3 Å². The highest BCUT2D eigenvalue weighted by Gasteiger charge is 2.17. The van der Waals surface area contributed by atoms with Crippen LogP contribution in [0.1, 0.15) is 48.3 Å². The fourth-order valence-corrected chi connectivity index (χ4v) is 2.23. The third-order valence-electron chi connectivity index (χ3n) is 3.46. The Bertz CT molecular complexity index is 585. The molecule has 0 amide bonds. The zero-order valence-electron chi connectivity index (χ0n) is 12.0. The molecule has 0 bridgehead atoms. The number of aromatic nitrogens is 2. The molecule has 0 fully saturated rings. The van der Waals surface area contributed by atoms with E-state index in [1.54, 1.807) is 4.68 Å². The van der Waals surface area contributed by atoms with Crippen LogP contribution in [-0.4, -0.2) is 20.9 Å². The number of aromatic carboxylic acids is 1. The van der Waals surface area contributed by atoms with Gasteiger partial charge in [0.05, 0.1) is 17.6 Å². The van der Waals surface area contributed by atoms with Crippen molar-refractivity contribution in [2.24, 2.45) is 0 Å². The molecule has 1 N–H and O–H groups in total. The molecule has 0 radical (unpaired) electrons. The molecular weight excluding hydrogens is 252 g/mol. The Kier molecular flexibility index (Phi) is 4.56. The van der Waals surface area contributed by atoms with Crippen molar-refractivity contribution in [1.29, 1.82) is 0 Å². The number of aryl methyl sites for hydroxylation is 1. The number of benzene rings is 1. The molecule has 1 aromatic heterocycles. The van der Waals surface area contributed by atoms with Crippen molar-refractivity contribution in [3.8, 4) is 5.69 Å². The van der Waals surface area contributed by atoms with Crippen LogP contribution in [0, 0.1) is 0 Å². The smallest absolute Gasteiger partial charge is 0.339 e. The molecule has 4 nitrogen and oxygen atoms in total. The van der Waals surface area contributed by atoms with E-state index in [-0.39, 0.29) is 0 Å². The predicted octanol–water partition coefficient (Wildman–Crippen LogP) is 3.48. The Hall–Kier alpha value is -2.10. The summed E-state index contributed by atoms with van der Waals surface area (Å²) in [6.07, 6.45) is 5.15. The van der Waals surface area contributed by atoms with Crippen LogP contribution >= 0.6 is 0 Å². The maximum Gasteiger partial charge on any atom is 0.339 e. The minimum atomic E-state index is -0.910. The molecule has 106 valence electrons. The normalized spacial score (nSPS) is 10.7. The molecule has 1 heterocycles. The van der Waals surface area contributed by atoms with E-state index in [1.807, 2.05) is 12.1 Å². The minimum absolute atomic E-state index is 0.304. The zero-order chi connectivity index (χ0) is 14.5. The first-order valence-electron chi connectivity index (χ1n) is 7.06. The van der Waals surface area contributed by atoms with E-state index in [1.165, 1.54) is 11.8 Å². The minimum Gasteiger partial charge on any atom is -0.478 e. The van der Waals surface area contributed by atoms with Gasteiger partial charge in [0.1, 0.15) is 5.56 Å². The predicted molar refractivity (Wildman–Crippen MR) is 78.5 cm³/mol. The van der Waals surface area contributed by atoms with Crippen LogP contribution in [0.3, 0.4) is 0 Å². The summed E-state index contributed by atoms with van der Waals surface area (Å²) in [6, 6.07) is 8.10. The van der Waals surface area contributed by atoms with Crippen LogP contribution in [0.15, 0.2) is 30.5 Å². The number of nitrogens with zero attached hydrogens (tertiary/aromatic N) is 2. The van der Waals surface area contributed by atoms with E-state index in [4.69, 9.17) is 0 Å². The third-order valence-corrected chi connectivity index (χ3v) is 3.46. The van der Waals surface area contributed by atoms with Gasteiger partial charge in [0.15, 0.2) is 0 Å². The van der Waals surface area contributed by atoms with Gasteiger partial charge in [0.2, 0.25) is 0 Å². The van der Waals surface area contributed by atoms with Gasteiger partial charge >= 0.3 is 5.97 Å². The van der Waals surface area contributed by atoms with Gasteiger partial charge < -0.3 is 5.11 Å². The quantitative estimate of drug-likeness (QED) is 0.876. The summed E-state index contributed by atoms with van der Waals surface area (Å²) in [5.41, 5.74) is 3.26. The summed E-state index contributed by atoms with van der Waals surface area (Å²) in [4.78, 5) is 11.3. The largest absolute Gasteiger partial charge is 0.478 e. The number of hydrogen-bond donors (Lipinski definition) is 1. The fourth-order valence-electron chi connectivity index (χ4n) is 2.23. The van der Waals surface area contributed by atoms with Crippen LogP contribution in [0.5, 0.6) is 0 Å². The molecule has 2 rings (SSSR count). The molecule has 4 heteroatoms. The number of carboxylic acids is 1. The lowest BCUT2D eigenvalue weighted by Crippen LogP contribution is -2.07. The van der Waals surface area contributed by atoms with Crippen molar-refractivity contribution >= 4 is 5.97 Å². The molecule has 0 unspecified atom stereocenters. The van der Waals surface area contributed by atoms with Gasteiger partial charge in [-0.2, -0.15) is 5.10 Å². The molecule has 0 aliphatic rings. The number of carboxylic acid groups (broad SMARTS) is 1. The van der Waals surface area contributed by atoms with Gasteiger partial charge in [-0.05, 0) is 37.0 Å². The SMILES string of the molecule is CCCCc1c(C(=O)O)cnn1-c1ccc(CC)cc1. The van der Waals surface area contributed by atoms with E-state index in [2.05, 4.69) is 31.1 Å². The van der Waals surface area contributed by atoms with Crippen LogP contribution in [0.25, 0.3) is 5.69 Å². The maximum atomic E-state index is 11.3. The van der Waals surface area contributed by atoms with E-state index in [9.17, 15) is 9.90 Å². The molecule has 1 aromatic carbocycles. The highest BCUT2D eigenvalue weighted by Crippen LogP contribution is 2.18. The van der Waals surface area contributed by atoms with Gasteiger partial charge in [0.25, 0.3) is 0 Å². The topological polar surface area (TPSA) is 55.1 Å². The van der Waals surface area contributed by atoms with Crippen molar-refractivity contribution < 1.29 is 9.90 Å². The second kappa shape index (κ2) is 6.37. The first kappa shape index (κ1) is 14.3. The average molecular weight is 272 g/mol. The summed E-state index contributed by atoms with van der Waals surface area (Å²) in [5, 5.41) is 13.5. The van der Waals surface area contributed by atoms with Crippen molar-refractivity contribution in [2.45, 2.75) is 39.5 Å².